The Morgan fingerprint density at radius 3 is 2.44 bits per heavy atom. The summed E-state index contributed by atoms with van der Waals surface area (Å²) in [5, 5.41) is 0. The molecular weight excluding hydrogens is 410 g/mol. The van der Waals surface area contributed by atoms with Gasteiger partial charge in [0, 0.05) is 12.2 Å². The van der Waals surface area contributed by atoms with E-state index in [9.17, 15) is 19.2 Å². The van der Waals surface area contributed by atoms with Crippen LogP contribution in [0.4, 0.5) is 0 Å². The maximum atomic E-state index is 12.7. The number of carbonyl (C=O) groups excluding carboxylic acids is 4. The van der Waals surface area contributed by atoms with Crippen LogP contribution in [0.5, 0.6) is 0 Å². The molecule has 1 unspecified atom stereocenters. The van der Waals surface area contributed by atoms with Crippen molar-refractivity contribution >= 4 is 23.6 Å². The van der Waals surface area contributed by atoms with Gasteiger partial charge >= 0.3 is 5.97 Å². The molecule has 0 aromatic heterocycles. The van der Waals surface area contributed by atoms with Crippen molar-refractivity contribution in [3.8, 4) is 0 Å². The van der Waals surface area contributed by atoms with Gasteiger partial charge < -0.3 is 9.47 Å². The van der Waals surface area contributed by atoms with Crippen LogP contribution in [-0.4, -0.2) is 54.3 Å². The van der Waals surface area contributed by atoms with Gasteiger partial charge in [-0.15, -0.1) is 0 Å². The van der Waals surface area contributed by atoms with Crippen LogP contribution in [0.15, 0.2) is 42.5 Å². The van der Waals surface area contributed by atoms with E-state index < -0.39 is 18.5 Å². The number of rotatable bonds is 8. The standard InChI is InChI=1S/C25H25NO6/c1-2-4-16-6-8-17(9-7-16)22(27)15-32-25(30)18-10-11-20-21(13-18)24(29)26(23(20)28)14-19-5-3-12-31-19/h6-11,13,19H,2-5,12,14-15H2,1H3. The first-order valence-corrected chi connectivity index (χ1v) is 10.9. The van der Waals surface area contributed by atoms with E-state index in [0.717, 1.165) is 31.2 Å². The van der Waals surface area contributed by atoms with Crippen LogP contribution < -0.4 is 0 Å². The molecule has 0 radical (unpaired) electrons. The first-order valence-electron chi connectivity index (χ1n) is 10.9. The minimum absolute atomic E-state index is 0.120. The highest BCUT2D eigenvalue weighted by Gasteiger charge is 2.38. The Morgan fingerprint density at radius 1 is 1.03 bits per heavy atom. The number of hydrogen-bond donors (Lipinski definition) is 0. The van der Waals surface area contributed by atoms with Gasteiger partial charge in [-0.05, 0) is 43.0 Å². The normalized spacial score (nSPS) is 17.5. The minimum Gasteiger partial charge on any atom is -0.454 e. The Kier molecular flexibility index (Phi) is 6.46. The Labute approximate surface area is 186 Å². The van der Waals surface area contributed by atoms with Crippen molar-refractivity contribution in [1.29, 1.82) is 0 Å². The van der Waals surface area contributed by atoms with E-state index in [1.165, 1.54) is 23.1 Å². The molecule has 7 heteroatoms. The van der Waals surface area contributed by atoms with Crippen molar-refractivity contribution in [2.45, 2.75) is 38.7 Å². The number of fused-ring (bicyclic) bond motifs is 1. The quantitative estimate of drug-likeness (QED) is 0.358. The van der Waals surface area contributed by atoms with Gasteiger partial charge in [-0.3, -0.25) is 19.3 Å². The third kappa shape index (κ3) is 4.48. The van der Waals surface area contributed by atoms with Crippen molar-refractivity contribution in [2.75, 3.05) is 19.8 Å². The molecule has 2 amide bonds. The molecule has 166 valence electrons. The molecule has 0 saturated carbocycles. The second-order valence-electron chi connectivity index (χ2n) is 8.06. The smallest absolute Gasteiger partial charge is 0.338 e. The second kappa shape index (κ2) is 9.44. The average molecular weight is 435 g/mol. The molecule has 32 heavy (non-hydrogen) atoms. The average Bonchev–Trinajstić information content (AvgIpc) is 3.41. The Balaban J connectivity index is 1.39. The van der Waals surface area contributed by atoms with Crippen molar-refractivity contribution in [1.82, 2.24) is 4.90 Å². The highest BCUT2D eigenvalue weighted by atomic mass is 16.5. The third-order valence-electron chi connectivity index (χ3n) is 5.77. The number of ketones is 1. The van der Waals surface area contributed by atoms with E-state index in [1.54, 1.807) is 12.1 Å². The summed E-state index contributed by atoms with van der Waals surface area (Å²) in [4.78, 5) is 51.3. The Bertz CT molecular complexity index is 1050. The van der Waals surface area contributed by atoms with Gasteiger partial charge in [0.1, 0.15) is 0 Å². The van der Waals surface area contributed by atoms with Gasteiger partial charge in [-0.25, -0.2) is 4.79 Å². The summed E-state index contributed by atoms with van der Waals surface area (Å²) >= 11 is 0. The van der Waals surface area contributed by atoms with Gasteiger partial charge in [0.15, 0.2) is 12.4 Å². The topological polar surface area (TPSA) is 90.0 Å². The summed E-state index contributed by atoms with van der Waals surface area (Å²) < 4.78 is 10.7. The molecule has 1 fully saturated rings. The number of Topliss-reactive ketones (excluding diaryl/α,β-unsaturated/α-hetero) is 1. The highest BCUT2D eigenvalue weighted by Crippen LogP contribution is 2.26. The van der Waals surface area contributed by atoms with Crippen molar-refractivity contribution in [2.24, 2.45) is 0 Å². The minimum atomic E-state index is -0.721. The van der Waals surface area contributed by atoms with Gasteiger partial charge in [0.05, 0.1) is 29.3 Å². The molecule has 2 aromatic rings. The molecule has 0 N–H and O–H groups in total. The summed E-state index contributed by atoms with van der Waals surface area (Å²) in [5.41, 5.74) is 2.16. The molecule has 2 aromatic carbocycles. The maximum absolute atomic E-state index is 12.7. The highest BCUT2D eigenvalue weighted by molar-refractivity contribution is 6.22. The molecule has 7 nitrogen and oxygen atoms in total. The maximum Gasteiger partial charge on any atom is 0.338 e. The van der Waals surface area contributed by atoms with Gasteiger partial charge in [-0.1, -0.05) is 37.6 Å². The SMILES string of the molecule is CCCc1ccc(C(=O)COC(=O)c2ccc3c(c2)C(=O)N(CC2CCCO2)C3=O)cc1. The molecule has 1 saturated heterocycles. The predicted molar refractivity (Wildman–Crippen MR) is 116 cm³/mol. The van der Waals surface area contributed by atoms with Crippen LogP contribution in [-0.2, 0) is 15.9 Å². The number of ether oxygens (including phenoxy) is 2. The van der Waals surface area contributed by atoms with Crippen LogP contribution in [0.3, 0.4) is 0 Å². The summed E-state index contributed by atoms with van der Waals surface area (Å²) in [6, 6.07) is 11.5. The molecule has 0 spiro atoms. The van der Waals surface area contributed by atoms with Crippen molar-refractivity contribution in [3.05, 3.63) is 70.3 Å². The molecule has 0 aliphatic carbocycles. The van der Waals surface area contributed by atoms with E-state index in [1.807, 2.05) is 12.1 Å². The molecular formula is C25H25NO6. The number of esters is 1. The fourth-order valence-corrected chi connectivity index (χ4v) is 4.02. The Hall–Kier alpha value is -3.32. The van der Waals surface area contributed by atoms with E-state index in [-0.39, 0.29) is 41.0 Å². The van der Waals surface area contributed by atoms with Crippen molar-refractivity contribution in [3.63, 3.8) is 0 Å². The number of aryl methyl sites for hydroxylation is 1. The fourth-order valence-electron chi connectivity index (χ4n) is 4.02. The second-order valence-corrected chi connectivity index (χ2v) is 8.06. The van der Waals surface area contributed by atoms with Gasteiger partial charge in [0.25, 0.3) is 11.8 Å². The lowest BCUT2D eigenvalue weighted by Gasteiger charge is -2.17. The molecule has 1 atom stereocenters. The zero-order valence-corrected chi connectivity index (χ0v) is 18.0. The van der Waals surface area contributed by atoms with Gasteiger partial charge in [-0.2, -0.15) is 0 Å². The van der Waals surface area contributed by atoms with E-state index >= 15 is 0 Å². The number of nitrogens with zero attached hydrogens (tertiary/aromatic N) is 1. The van der Waals surface area contributed by atoms with E-state index in [2.05, 4.69) is 6.92 Å². The number of carbonyl (C=O) groups is 4. The lowest BCUT2D eigenvalue weighted by atomic mass is 10.1. The van der Waals surface area contributed by atoms with Crippen LogP contribution in [0, 0.1) is 0 Å². The first-order chi connectivity index (χ1) is 15.5. The third-order valence-corrected chi connectivity index (χ3v) is 5.77. The van der Waals surface area contributed by atoms with E-state index in [0.29, 0.717) is 12.2 Å². The summed E-state index contributed by atoms with van der Waals surface area (Å²) in [5.74, 6) is -1.86. The van der Waals surface area contributed by atoms with Crippen LogP contribution in [0.2, 0.25) is 0 Å². The summed E-state index contributed by atoms with van der Waals surface area (Å²) in [6.07, 6.45) is 3.52. The molecule has 4 rings (SSSR count). The molecule has 0 bridgehead atoms. The number of amides is 2. The zero-order valence-electron chi connectivity index (χ0n) is 18.0. The lowest BCUT2D eigenvalue weighted by molar-refractivity contribution is 0.0473. The predicted octanol–water partition coefficient (Wildman–Crippen LogP) is 3.45. The van der Waals surface area contributed by atoms with Crippen LogP contribution >= 0.6 is 0 Å². The molecule has 2 heterocycles. The summed E-state index contributed by atoms with van der Waals surface area (Å²) in [6.45, 7) is 2.52. The number of benzene rings is 2. The number of hydrogen-bond acceptors (Lipinski definition) is 6. The zero-order chi connectivity index (χ0) is 22.7. The monoisotopic (exact) mass is 435 g/mol. The lowest BCUT2D eigenvalue weighted by Crippen LogP contribution is -2.36. The number of imide groups is 1. The van der Waals surface area contributed by atoms with Crippen molar-refractivity contribution < 1.29 is 28.7 Å². The van der Waals surface area contributed by atoms with Gasteiger partial charge in [0.2, 0.25) is 0 Å². The fraction of sp³-hybridized carbons (Fsp3) is 0.360. The molecule has 2 aliphatic heterocycles. The first kappa shape index (κ1) is 21.9. The summed E-state index contributed by atoms with van der Waals surface area (Å²) in [7, 11) is 0. The van der Waals surface area contributed by atoms with E-state index in [4.69, 9.17) is 9.47 Å². The Morgan fingerprint density at radius 2 is 1.75 bits per heavy atom. The molecule has 2 aliphatic rings. The largest absolute Gasteiger partial charge is 0.454 e. The van der Waals surface area contributed by atoms with Crippen LogP contribution in [0.25, 0.3) is 0 Å². The van der Waals surface area contributed by atoms with Crippen LogP contribution in [0.1, 0.15) is 73.2 Å².